The number of aryl methyl sites for hydroxylation is 2. The van der Waals surface area contributed by atoms with Gasteiger partial charge in [-0.25, -0.2) is 0 Å². The lowest BCUT2D eigenvalue weighted by Gasteiger charge is -2.18. The molecule has 3 N–H and O–H groups in total. The van der Waals surface area contributed by atoms with Crippen molar-refractivity contribution < 1.29 is 4.90 Å². The van der Waals surface area contributed by atoms with Crippen LogP contribution in [0.1, 0.15) is 36.1 Å². The van der Waals surface area contributed by atoms with E-state index in [1.807, 2.05) is 0 Å². The average Bonchev–Trinajstić information content (AvgIpc) is 2.61. The molecule has 2 rings (SSSR count). The minimum atomic E-state index is 0.665. The van der Waals surface area contributed by atoms with Crippen molar-refractivity contribution in [1.29, 1.82) is 0 Å². The van der Waals surface area contributed by atoms with Crippen LogP contribution in [-0.4, -0.2) is 18.2 Å². The zero-order valence-electron chi connectivity index (χ0n) is 15.8. The summed E-state index contributed by atoms with van der Waals surface area (Å²) in [6, 6.07) is 15.0. The van der Waals surface area contributed by atoms with Crippen LogP contribution in [-0.2, 0) is 13.1 Å². The number of anilines is 1. The number of rotatable bonds is 7. The van der Waals surface area contributed by atoms with Crippen molar-refractivity contribution >= 4 is 23.0 Å². The largest absolute Gasteiger partial charge is 0.358 e. The molecule has 25 heavy (non-hydrogen) atoms. The number of thiocarbonyl (C=S) groups is 1. The molecule has 0 spiro atoms. The highest BCUT2D eigenvalue weighted by atomic mass is 32.1. The average molecular weight is 357 g/mol. The summed E-state index contributed by atoms with van der Waals surface area (Å²) < 4.78 is 0. The lowest BCUT2D eigenvalue weighted by atomic mass is 10.1. The Hall–Kier alpha value is -1.91. The molecule has 0 unspecified atom stereocenters. The van der Waals surface area contributed by atoms with Crippen LogP contribution in [0, 0.1) is 13.8 Å². The summed E-state index contributed by atoms with van der Waals surface area (Å²) >= 11 is 5.49. The standard InChI is InChI=1S/C21H29N3S/c1-5-24(6-2)15-19-10-8-7-9-18(19)14-22-21(25)23-20-13-16(3)11-12-17(20)4/h7-13H,5-6,14-15H2,1-4H3,(H2,22,23,25)/p+1. The Morgan fingerprint density at radius 2 is 1.68 bits per heavy atom. The molecule has 4 heteroatoms. The van der Waals surface area contributed by atoms with E-state index in [0.29, 0.717) is 5.11 Å². The first-order valence-electron chi connectivity index (χ1n) is 9.06. The fraction of sp³-hybridized carbons (Fsp3) is 0.381. The van der Waals surface area contributed by atoms with Crippen LogP contribution in [0.3, 0.4) is 0 Å². The van der Waals surface area contributed by atoms with E-state index in [1.165, 1.54) is 22.3 Å². The minimum absolute atomic E-state index is 0.665. The Bertz CT molecular complexity index is 708. The van der Waals surface area contributed by atoms with E-state index >= 15 is 0 Å². The van der Waals surface area contributed by atoms with Crippen molar-refractivity contribution in [3.63, 3.8) is 0 Å². The minimum Gasteiger partial charge on any atom is -0.358 e. The molecule has 0 radical (unpaired) electrons. The van der Waals surface area contributed by atoms with E-state index in [2.05, 4.69) is 80.8 Å². The van der Waals surface area contributed by atoms with Gasteiger partial charge in [0.2, 0.25) is 0 Å². The summed E-state index contributed by atoms with van der Waals surface area (Å²) in [5, 5.41) is 7.34. The Balaban J connectivity index is 1.99. The first kappa shape index (κ1) is 19.4. The van der Waals surface area contributed by atoms with E-state index < -0.39 is 0 Å². The van der Waals surface area contributed by atoms with Gasteiger partial charge in [0.1, 0.15) is 6.54 Å². The number of benzene rings is 2. The summed E-state index contributed by atoms with van der Waals surface area (Å²) in [5.41, 5.74) is 6.19. The van der Waals surface area contributed by atoms with Crippen LogP contribution in [0.5, 0.6) is 0 Å². The molecule has 0 aliphatic rings. The molecular weight excluding hydrogens is 326 g/mol. The molecule has 0 heterocycles. The van der Waals surface area contributed by atoms with Gasteiger partial charge in [-0.1, -0.05) is 36.4 Å². The molecule has 134 valence electrons. The molecule has 3 nitrogen and oxygen atoms in total. The second-order valence-electron chi connectivity index (χ2n) is 6.53. The highest BCUT2D eigenvalue weighted by molar-refractivity contribution is 7.80. The van der Waals surface area contributed by atoms with Gasteiger partial charge in [-0.3, -0.25) is 0 Å². The molecule has 0 aliphatic heterocycles. The van der Waals surface area contributed by atoms with E-state index in [-0.39, 0.29) is 0 Å². The van der Waals surface area contributed by atoms with Crippen molar-refractivity contribution in [2.75, 3.05) is 18.4 Å². The van der Waals surface area contributed by atoms with Crippen molar-refractivity contribution in [3.8, 4) is 0 Å². The Labute approximate surface area is 157 Å². The number of nitrogens with one attached hydrogen (secondary N) is 3. The lowest BCUT2D eigenvalue weighted by molar-refractivity contribution is -0.910. The second-order valence-corrected chi connectivity index (χ2v) is 6.94. The molecule has 0 amide bonds. The van der Waals surface area contributed by atoms with Gasteiger partial charge < -0.3 is 15.5 Å². The monoisotopic (exact) mass is 356 g/mol. The summed E-state index contributed by atoms with van der Waals surface area (Å²) in [5.74, 6) is 0. The first-order valence-corrected chi connectivity index (χ1v) is 9.46. The molecule has 0 aromatic heterocycles. The normalized spacial score (nSPS) is 10.8. The first-order chi connectivity index (χ1) is 12.0. The molecule has 0 saturated carbocycles. The predicted molar refractivity (Wildman–Crippen MR) is 111 cm³/mol. The summed E-state index contributed by atoms with van der Waals surface area (Å²) in [6.07, 6.45) is 0. The number of hydrogen-bond donors (Lipinski definition) is 3. The van der Waals surface area contributed by atoms with Crippen LogP contribution in [0.15, 0.2) is 42.5 Å². The maximum atomic E-state index is 5.49. The summed E-state index contributed by atoms with van der Waals surface area (Å²) in [4.78, 5) is 1.59. The topological polar surface area (TPSA) is 28.5 Å². The number of hydrogen-bond acceptors (Lipinski definition) is 1. The maximum Gasteiger partial charge on any atom is 0.171 e. The highest BCUT2D eigenvalue weighted by Crippen LogP contribution is 2.16. The van der Waals surface area contributed by atoms with Crippen LogP contribution < -0.4 is 15.5 Å². The zero-order chi connectivity index (χ0) is 18.2. The van der Waals surface area contributed by atoms with Crippen molar-refractivity contribution in [3.05, 3.63) is 64.7 Å². The molecule has 2 aromatic carbocycles. The third-order valence-corrected chi connectivity index (χ3v) is 4.89. The van der Waals surface area contributed by atoms with Gasteiger partial charge >= 0.3 is 0 Å². The fourth-order valence-corrected chi connectivity index (χ4v) is 3.07. The van der Waals surface area contributed by atoms with Crippen LogP contribution in [0.25, 0.3) is 0 Å². The molecular formula is C21H30N3S+. The SMILES string of the molecule is CC[NH+](CC)Cc1ccccc1CNC(=S)Nc1cc(C)ccc1C. The van der Waals surface area contributed by atoms with Gasteiger partial charge in [0, 0.05) is 17.8 Å². The molecule has 0 bridgehead atoms. The van der Waals surface area contributed by atoms with Crippen LogP contribution in [0.2, 0.25) is 0 Å². The maximum absolute atomic E-state index is 5.49. The van der Waals surface area contributed by atoms with E-state index in [4.69, 9.17) is 12.2 Å². The smallest absolute Gasteiger partial charge is 0.171 e. The van der Waals surface area contributed by atoms with Gasteiger partial charge in [-0.05, 0) is 62.7 Å². The van der Waals surface area contributed by atoms with Gasteiger partial charge in [-0.15, -0.1) is 0 Å². The lowest BCUT2D eigenvalue weighted by Crippen LogP contribution is -3.10. The van der Waals surface area contributed by atoms with Crippen molar-refractivity contribution in [1.82, 2.24) is 5.32 Å². The van der Waals surface area contributed by atoms with Crippen LogP contribution in [0.4, 0.5) is 5.69 Å². The van der Waals surface area contributed by atoms with E-state index in [1.54, 1.807) is 4.90 Å². The molecule has 0 aliphatic carbocycles. The summed E-state index contributed by atoms with van der Waals surface area (Å²) in [6.45, 7) is 12.7. The van der Waals surface area contributed by atoms with Crippen molar-refractivity contribution in [2.24, 2.45) is 0 Å². The van der Waals surface area contributed by atoms with Gasteiger partial charge in [0.05, 0.1) is 13.1 Å². The quantitative estimate of drug-likeness (QED) is 0.665. The molecule has 0 saturated heterocycles. The Morgan fingerprint density at radius 3 is 2.36 bits per heavy atom. The fourth-order valence-electron chi connectivity index (χ4n) is 2.88. The van der Waals surface area contributed by atoms with E-state index in [9.17, 15) is 0 Å². The third kappa shape index (κ3) is 5.83. The van der Waals surface area contributed by atoms with Gasteiger partial charge in [-0.2, -0.15) is 0 Å². The number of quaternary nitrogens is 1. The van der Waals surface area contributed by atoms with E-state index in [0.717, 1.165) is 31.9 Å². The second kappa shape index (κ2) is 9.54. The highest BCUT2D eigenvalue weighted by Gasteiger charge is 2.09. The Kier molecular flexibility index (Phi) is 7.41. The van der Waals surface area contributed by atoms with Gasteiger partial charge in [0.25, 0.3) is 0 Å². The summed E-state index contributed by atoms with van der Waals surface area (Å²) in [7, 11) is 0. The predicted octanol–water partition coefficient (Wildman–Crippen LogP) is 3.21. The van der Waals surface area contributed by atoms with Crippen molar-refractivity contribution in [2.45, 2.75) is 40.8 Å². The molecule has 0 atom stereocenters. The third-order valence-electron chi connectivity index (χ3n) is 4.64. The zero-order valence-corrected chi connectivity index (χ0v) is 16.6. The molecule has 0 fully saturated rings. The van der Waals surface area contributed by atoms with Gasteiger partial charge in [0.15, 0.2) is 5.11 Å². The Morgan fingerprint density at radius 1 is 1.00 bits per heavy atom. The van der Waals surface area contributed by atoms with Crippen LogP contribution >= 0.6 is 12.2 Å². The molecule has 2 aromatic rings.